The van der Waals surface area contributed by atoms with Crippen molar-refractivity contribution < 1.29 is 15.0 Å². The second kappa shape index (κ2) is 6.72. The minimum Gasteiger partial charge on any atom is -0.508 e. The lowest BCUT2D eigenvalue weighted by molar-refractivity contribution is -0.138. The van der Waals surface area contributed by atoms with Gasteiger partial charge < -0.3 is 10.2 Å². The molecule has 110 valence electrons. The first-order valence-corrected chi connectivity index (χ1v) is 7.00. The molecule has 2 N–H and O–H groups in total. The fourth-order valence-corrected chi connectivity index (χ4v) is 2.66. The molecule has 1 unspecified atom stereocenters. The number of phenols is 1. The van der Waals surface area contributed by atoms with E-state index >= 15 is 0 Å². The molecule has 1 aromatic rings. The van der Waals surface area contributed by atoms with E-state index in [9.17, 15) is 9.90 Å². The van der Waals surface area contributed by atoms with Crippen LogP contribution in [0.25, 0.3) is 0 Å². The number of hydrogen-bond donors (Lipinski definition) is 2. The molecule has 5 nitrogen and oxygen atoms in total. The molecule has 1 aliphatic heterocycles. The van der Waals surface area contributed by atoms with Gasteiger partial charge in [0.15, 0.2) is 0 Å². The molecule has 1 atom stereocenters. The fraction of sp³-hybridized carbons (Fsp3) is 0.533. The van der Waals surface area contributed by atoms with Gasteiger partial charge in [-0.05, 0) is 31.0 Å². The van der Waals surface area contributed by atoms with E-state index in [0.29, 0.717) is 11.8 Å². The average Bonchev–Trinajstić information content (AvgIpc) is 2.41. The monoisotopic (exact) mass is 278 g/mol. The zero-order valence-corrected chi connectivity index (χ0v) is 11.8. The van der Waals surface area contributed by atoms with Crippen molar-refractivity contribution in [2.75, 3.05) is 32.7 Å². The minimum absolute atomic E-state index is 0.139. The highest BCUT2D eigenvalue weighted by molar-refractivity contribution is 5.69. The van der Waals surface area contributed by atoms with Crippen LogP contribution in [0.4, 0.5) is 0 Å². The van der Waals surface area contributed by atoms with Gasteiger partial charge in [0.1, 0.15) is 5.75 Å². The zero-order valence-electron chi connectivity index (χ0n) is 11.8. The Hall–Kier alpha value is -1.59. The number of aliphatic carboxylic acids is 1. The number of carbonyl (C=O) groups is 1. The summed E-state index contributed by atoms with van der Waals surface area (Å²) in [6, 6.07) is 7.75. The Morgan fingerprint density at radius 3 is 2.35 bits per heavy atom. The third-order valence-corrected chi connectivity index (χ3v) is 3.86. The molecule has 0 radical (unpaired) electrons. The second-order valence-corrected chi connectivity index (χ2v) is 5.43. The number of phenolic OH excluding ortho intramolecular Hbond substituents is 1. The maximum atomic E-state index is 10.7. The summed E-state index contributed by atoms with van der Waals surface area (Å²) in [4.78, 5) is 15.0. The van der Waals surface area contributed by atoms with Crippen molar-refractivity contribution in [1.29, 1.82) is 0 Å². The molecule has 0 spiro atoms. The number of piperazine rings is 1. The lowest BCUT2D eigenvalue weighted by atomic mass is 10.1. The van der Waals surface area contributed by atoms with Crippen molar-refractivity contribution in [3.05, 3.63) is 29.8 Å². The van der Waals surface area contributed by atoms with Crippen LogP contribution in [0.1, 0.15) is 12.5 Å². The first-order valence-electron chi connectivity index (χ1n) is 7.00. The molecule has 1 aromatic carbocycles. The maximum Gasteiger partial charge on any atom is 0.317 e. The van der Waals surface area contributed by atoms with Crippen LogP contribution in [0.2, 0.25) is 0 Å². The molecule has 2 rings (SSSR count). The molecule has 20 heavy (non-hydrogen) atoms. The van der Waals surface area contributed by atoms with Crippen molar-refractivity contribution in [2.45, 2.75) is 19.4 Å². The average molecular weight is 278 g/mol. The van der Waals surface area contributed by atoms with Crippen molar-refractivity contribution in [1.82, 2.24) is 9.80 Å². The number of aromatic hydroxyl groups is 1. The highest BCUT2D eigenvalue weighted by Crippen LogP contribution is 2.14. The summed E-state index contributed by atoms with van der Waals surface area (Å²) in [5, 5.41) is 18.1. The van der Waals surface area contributed by atoms with Gasteiger partial charge >= 0.3 is 5.97 Å². The standard InChI is InChI=1S/C15H22N2O3/c1-12(10-13-2-4-14(18)5-3-13)17-8-6-16(7-9-17)11-15(19)20/h2-5,12,18H,6-11H2,1H3,(H,19,20). The van der Waals surface area contributed by atoms with Crippen molar-refractivity contribution in [2.24, 2.45) is 0 Å². The number of hydrogen-bond acceptors (Lipinski definition) is 4. The topological polar surface area (TPSA) is 64.0 Å². The van der Waals surface area contributed by atoms with E-state index in [1.807, 2.05) is 17.0 Å². The molecule has 1 heterocycles. The van der Waals surface area contributed by atoms with E-state index in [1.165, 1.54) is 5.56 Å². The molecule has 0 aliphatic carbocycles. The molecule has 0 saturated carbocycles. The summed E-state index contributed by atoms with van der Waals surface area (Å²) in [5.74, 6) is -0.459. The molecule has 1 saturated heterocycles. The van der Waals surface area contributed by atoms with Gasteiger partial charge in [-0.25, -0.2) is 0 Å². The van der Waals surface area contributed by atoms with Gasteiger partial charge in [-0.3, -0.25) is 14.6 Å². The SMILES string of the molecule is CC(Cc1ccc(O)cc1)N1CCN(CC(=O)O)CC1. The predicted octanol–water partition coefficient (Wildman–Crippen LogP) is 1.03. The Bertz CT molecular complexity index is 439. The van der Waals surface area contributed by atoms with Gasteiger partial charge in [-0.15, -0.1) is 0 Å². The normalized spacial score (nSPS) is 18.9. The summed E-state index contributed by atoms with van der Waals surface area (Å²) in [5.41, 5.74) is 1.21. The van der Waals surface area contributed by atoms with E-state index < -0.39 is 5.97 Å². The summed E-state index contributed by atoms with van der Waals surface area (Å²) >= 11 is 0. The number of rotatable bonds is 5. The Kier molecular flexibility index (Phi) is 4.98. The van der Waals surface area contributed by atoms with Gasteiger partial charge in [0.05, 0.1) is 6.54 Å². The third kappa shape index (κ3) is 4.21. The van der Waals surface area contributed by atoms with Gasteiger partial charge in [-0.2, -0.15) is 0 Å². The van der Waals surface area contributed by atoms with E-state index in [1.54, 1.807) is 12.1 Å². The first-order chi connectivity index (χ1) is 9.54. The van der Waals surface area contributed by atoms with E-state index in [-0.39, 0.29) is 6.54 Å². The largest absolute Gasteiger partial charge is 0.508 e. The van der Waals surface area contributed by atoms with Crippen LogP contribution in [0.5, 0.6) is 5.75 Å². The number of carboxylic acid groups (broad SMARTS) is 1. The molecular weight excluding hydrogens is 256 g/mol. The molecule has 0 amide bonds. The van der Waals surface area contributed by atoms with E-state index in [4.69, 9.17) is 5.11 Å². The van der Waals surface area contributed by atoms with Gasteiger partial charge in [0.2, 0.25) is 0 Å². The lowest BCUT2D eigenvalue weighted by Crippen LogP contribution is -2.51. The number of carboxylic acids is 1. The van der Waals surface area contributed by atoms with Crippen molar-refractivity contribution in [3.63, 3.8) is 0 Å². The number of benzene rings is 1. The Morgan fingerprint density at radius 1 is 1.20 bits per heavy atom. The molecule has 5 heteroatoms. The van der Waals surface area contributed by atoms with Gasteiger partial charge in [0, 0.05) is 32.2 Å². The molecule has 1 aliphatic rings. The highest BCUT2D eigenvalue weighted by Gasteiger charge is 2.22. The smallest absolute Gasteiger partial charge is 0.317 e. The summed E-state index contributed by atoms with van der Waals surface area (Å²) in [7, 11) is 0. The van der Waals surface area contributed by atoms with E-state index in [2.05, 4.69) is 11.8 Å². The Labute approximate surface area is 119 Å². The summed E-state index contributed by atoms with van der Waals surface area (Å²) in [6.45, 7) is 5.78. The second-order valence-electron chi connectivity index (χ2n) is 5.43. The van der Waals surface area contributed by atoms with Crippen LogP contribution >= 0.6 is 0 Å². The third-order valence-electron chi connectivity index (χ3n) is 3.86. The van der Waals surface area contributed by atoms with Crippen LogP contribution in [-0.2, 0) is 11.2 Å². The molecular formula is C15H22N2O3. The van der Waals surface area contributed by atoms with Crippen molar-refractivity contribution >= 4 is 5.97 Å². The maximum absolute atomic E-state index is 10.7. The zero-order chi connectivity index (χ0) is 14.5. The van der Waals surface area contributed by atoms with Crippen molar-refractivity contribution in [3.8, 4) is 5.75 Å². The quantitative estimate of drug-likeness (QED) is 0.842. The predicted molar refractivity (Wildman–Crippen MR) is 76.9 cm³/mol. The lowest BCUT2D eigenvalue weighted by Gasteiger charge is -2.37. The van der Waals surface area contributed by atoms with Gasteiger partial charge in [0.25, 0.3) is 0 Å². The van der Waals surface area contributed by atoms with Gasteiger partial charge in [-0.1, -0.05) is 12.1 Å². The van der Waals surface area contributed by atoms with Crippen LogP contribution < -0.4 is 0 Å². The Balaban J connectivity index is 1.81. The summed E-state index contributed by atoms with van der Waals surface area (Å²) in [6.07, 6.45) is 0.944. The van der Waals surface area contributed by atoms with Crippen LogP contribution in [-0.4, -0.2) is 64.7 Å². The van der Waals surface area contributed by atoms with Crippen LogP contribution in [0.3, 0.4) is 0 Å². The highest BCUT2D eigenvalue weighted by atomic mass is 16.4. The number of nitrogens with zero attached hydrogens (tertiary/aromatic N) is 2. The van der Waals surface area contributed by atoms with Crippen LogP contribution in [0.15, 0.2) is 24.3 Å². The van der Waals surface area contributed by atoms with E-state index in [0.717, 1.165) is 32.6 Å². The molecule has 1 fully saturated rings. The summed E-state index contributed by atoms with van der Waals surface area (Å²) < 4.78 is 0. The molecule has 0 aromatic heterocycles. The minimum atomic E-state index is -0.754. The Morgan fingerprint density at radius 2 is 1.80 bits per heavy atom. The molecule has 0 bridgehead atoms. The fourth-order valence-electron chi connectivity index (χ4n) is 2.66. The van der Waals surface area contributed by atoms with Crippen LogP contribution in [0, 0.1) is 0 Å². The first kappa shape index (κ1) is 14.8.